The zero-order valence-electron chi connectivity index (χ0n) is 21.5. The zero-order chi connectivity index (χ0) is 24.4. The molecule has 5 rings (SSSR count). The molecule has 1 fully saturated rings. The molecule has 0 unspecified atom stereocenters. The molecule has 4 aromatic rings. The van der Waals surface area contributed by atoms with Crippen molar-refractivity contribution in [1.82, 2.24) is 0 Å². The van der Waals surface area contributed by atoms with Crippen LogP contribution in [0.2, 0.25) is 0 Å². The predicted molar refractivity (Wildman–Crippen MR) is 158 cm³/mol. The first-order chi connectivity index (χ1) is 17.0. The SMILES string of the molecule is Cc1ccccc1P(c1ccccc1C)C1(P(c2ccccc2C)c2ccccc2C)CCCC1. The van der Waals surface area contributed by atoms with Gasteiger partial charge in [-0.3, -0.25) is 0 Å². The third kappa shape index (κ3) is 4.53. The van der Waals surface area contributed by atoms with Crippen LogP contribution in [0.25, 0.3) is 0 Å². The van der Waals surface area contributed by atoms with E-state index in [9.17, 15) is 0 Å². The third-order valence-electron chi connectivity index (χ3n) is 7.66. The molecule has 1 aliphatic carbocycles. The maximum atomic E-state index is 2.44. The fourth-order valence-electron chi connectivity index (χ4n) is 5.90. The van der Waals surface area contributed by atoms with Crippen LogP contribution in [0.1, 0.15) is 47.9 Å². The van der Waals surface area contributed by atoms with E-state index < -0.39 is 15.8 Å². The number of hydrogen-bond acceptors (Lipinski definition) is 0. The van der Waals surface area contributed by atoms with Crippen molar-refractivity contribution in [3.05, 3.63) is 119 Å². The van der Waals surface area contributed by atoms with Crippen molar-refractivity contribution in [3.8, 4) is 0 Å². The van der Waals surface area contributed by atoms with Crippen molar-refractivity contribution in [2.24, 2.45) is 0 Å². The molecule has 0 N–H and O–H groups in total. The molecule has 0 aliphatic heterocycles. The summed E-state index contributed by atoms with van der Waals surface area (Å²) in [5.74, 6) is 0. The fraction of sp³-hybridized carbons (Fsp3) is 0.273. The normalized spacial score (nSPS) is 15.1. The molecule has 1 saturated carbocycles. The Morgan fingerprint density at radius 2 is 0.686 bits per heavy atom. The lowest BCUT2D eigenvalue weighted by Crippen LogP contribution is -2.39. The van der Waals surface area contributed by atoms with Gasteiger partial charge in [-0.2, -0.15) is 0 Å². The second-order valence-electron chi connectivity index (χ2n) is 10.0. The van der Waals surface area contributed by atoms with E-state index in [2.05, 4.69) is 125 Å². The summed E-state index contributed by atoms with van der Waals surface area (Å²) in [6.45, 7) is 9.32. The van der Waals surface area contributed by atoms with Crippen LogP contribution in [0.15, 0.2) is 97.1 Å². The number of rotatable bonds is 6. The van der Waals surface area contributed by atoms with Gasteiger partial charge in [0, 0.05) is 4.90 Å². The smallest absolute Gasteiger partial charge is 0.0267 e. The second-order valence-corrected chi connectivity index (χ2v) is 15.3. The van der Waals surface area contributed by atoms with Crippen LogP contribution in [0.5, 0.6) is 0 Å². The maximum Gasteiger partial charge on any atom is 0.0267 e. The molecule has 0 bridgehead atoms. The van der Waals surface area contributed by atoms with Crippen molar-refractivity contribution in [2.75, 3.05) is 0 Å². The Balaban J connectivity index is 1.86. The number of aryl methyl sites for hydroxylation is 4. The Bertz CT molecular complexity index is 1130. The van der Waals surface area contributed by atoms with Crippen LogP contribution in [-0.4, -0.2) is 4.90 Å². The van der Waals surface area contributed by atoms with E-state index in [0.717, 1.165) is 0 Å². The Labute approximate surface area is 214 Å². The van der Waals surface area contributed by atoms with Crippen LogP contribution in [-0.2, 0) is 0 Å². The van der Waals surface area contributed by atoms with E-state index >= 15 is 0 Å². The second kappa shape index (κ2) is 10.4. The lowest BCUT2D eigenvalue weighted by atomic mass is 10.2. The summed E-state index contributed by atoms with van der Waals surface area (Å²) in [6, 6.07) is 37.0. The summed E-state index contributed by atoms with van der Waals surface area (Å²) in [7, 11) is -1.12. The summed E-state index contributed by atoms with van der Waals surface area (Å²) < 4.78 is 0. The molecular formula is C33H36P2. The van der Waals surface area contributed by atoms with Gasteiger partial charge in [0.25, 0.3) is 0 Å². The lowest BCUT2D eigenvalue weighted by molar-refractivity contribution is 0.824. The van der Waals surface area contributed by atoms with Gasteiger partial charge in [-0.25, -0.2) is 0 Å². The maximum absolute atomic E-state index is 2.44. The molecule has 0 amide bonds. The Hall–Kier alpha value is -2.26. The molecule has 0 radical (unpaired) electrons. The average Bonchev–Trinajstić information content (AvgIpc) is 3.34. The lowest BCUT2D eigenvalue weighted by Gasteiger charge is -2.47. The molecule has 0 saturated heterocycles. The molecule has 2 heteroatoms. The largest absolute Gasteiger partial charge is 0.0620 e. The molecular weight excluding hydrogens is 458 g/mol. The van der Waals surface area contributed by atoms with E-state index in [4.69, 9.17) is 0 Å². The van der Waals surface area contributed by atoms with Crippen molar-refractivity contribution < 1.29 is 0 Å². The minimum atomic E-state index is -0.561. The highest BCUT2D eigenvalue weighted by Crippen LogP contribution is 2.72. The van der Waals surface area contributed by atoms with E-state index in [1.165, 1.54) is 47.9 Å². The summed E-state index contributed by atoms with van der Waals surface area (Å²) >= 11 is 0. The van der Waals surface area contributed by atoms with Gasteiger partial charge in [-0.15, -0.1) is 0 Å². The van der Waals surface area contributed by atoms with Gasteiger partial charge in [0.05, 0.1) is 0 Å². The topological polar surface area (TPSA) is 0 Å². The van der Waals surface area contributed by atoms with Crippen LogP contribution in [0.4, 0.5) is 0 Å². The Morgan fingerprint density at radius 3 is 0.943 bits per heavy atom. The molecule has 0 spiro atoms. The molecule has 35 heavy (non-hydrogen) atoms. The summed E-state index contributed by atoms with van der Waals surface area (Å²) in [5.41, 5.74) is 5.77. The summed E-state index contributed by atoms with van der Waals surface area (Å²) in [5, 5.41) is 6.31. The Kier molecular flexibility index (Phi) is 7.25. The van der Waals surface area contributed by atoms with Gasteiger partial charge in [-0.05, 0) is 99.9 Å². The average molecular weight is 495 g/mol. The van der Waals surface area contributed by atoms with Crippen molar-refractivity contribution in [3.63, 3.8) is 0 Å². The molecule has 1 aliphatic rings. The van der Waals surface area contributed by atoms with Gasteiger partial charge in [0.1, 0.15) is 0 Å². The quantitative estimate of drug-likeness (QED) is 0.240. The summed E-state index contributed by atoms with van der Waals surface area (Å²) in [6.07, 6.45) is 5.26. The molecule has 0 atom stereocenters. The van der Waals surface area contributed by atoms with Crippen molar-refractivity contribution >= 4 is 37.1 Å². The first kappa shape index (κ1) is 24.4. The monoisotopic (exact) mass is 494 g/mol. The highest BCUT2D eigenvalue weighted by Gasteiger charge is 2.50. The van der Waals surface area contributed by atoms with Gasteiger partial charge >= 0.3 is 0 Å². The van der Waals surface area contributed by atoms with Crippen molar-refractivity contribution in [1.29, 1.82) is 0 Å². The van der Waals surface area contributed by atoms with Crippen LogP contribution < -0.4 is 21.2 Å². The molecule has 4 aromatic carbocycles. The predicted octanol–water partition coefficient (Wildman–Crippen LogP) is 7.76. The van der Waals surface area contributed by atoms with Crippen LogP contribution in [0.3, 0.4) is 0 Å². The molecule has 0 aromatic heterocycles. The van der Waals surface area contributed by atoms with Crippen molar-refractivity contribution in [2.45, 2.75) is 58.3 Å². The number of benzene rings is 4. The van der Waals surface area contributed by atoms with E-state index in [0.29, 0.717) is 0 Å². The van der Waals surface area contributed by atoms with Gasteiger partial charge in [0.15, 0.2) is 0 Å². The first-order valence-electron chi connectivity index (χ1n) is 12.9. The summed E-state index contributed by atoms with van der Waals surface area (Å²) in [4.78, 5) is 0.237. The van der Waals surface area contributed by atoms with E-state index in [1.54, 1.807) is 21.2 Å². The highest BCUT2D eigenvalue weighted by molar-refractivity contribution is 7.91. The highest BCUT2D eigenvalue weighted by atomic mass is 31.2. The third-order valence-corrected chi connectivity index (χ3v) is 15.4. The van der Waals surface area contributed by atoms with Crippen LogP contribution in [0, 0.1) is 27.7 Å². The minimum Gasteiger partial charge on any atom is -0.0620 e. The minimum absolute atomic E-state index is 0.237. The van der Waals surface area contributed by atoms with E-state index in [-0.39, 0.29) is 4.90 Å². The zero-order valence-corrected chi connectivity index (χ0v) is 23.2. The molecule has 178 valence electrons. The fourth-order valence-corrected chi connectivity index (χ4v) is 14.5. The van der Waals surface area contributed by atoms with Gasteiger partial charge < -0.3 is 0 Å². The van der Waals surface area contributed by atoms with Gasteiger partial charge in [-0.1, -0.05) is 110 Å². The molecule has 0 heterocycles. The first-order valence-corrected chi connectivity index (χ1v) is 15.5. The van der Waals surface area contributed by atoms with Crippen LogP contribution >= 0.6 is 15.8 Å². The van der Waals surface area contributed by atoms with E-state index in [1.807, 2.05) is 0 Å². The Morgan fingerprint density at radius 1 is 0.429 bits per heavy atom. The standard InChI is InChI=1S/C33H36P2/c1-25-15-5-9-19-29(25)34(30-20-10-6-16-26(30)2)33(23-13-14-24-33)35(31-21-11-7-17-27(31)3)32-22-12-8-18-28(32)4/h5-12,15-22H,13-14,23-24H2,1-4H3. The molecule has 0 nitrogen and oxygen atoms in total. The number of hydrogen-bond donors (Lipinski definition) is 0. The van der Waals surface area contributed by atoms with Gasteiger partial charge in [0.2, 0.25) is 0 Å².